The van der Waals surface area contributed by atoms with Gasteiger partial charge in [-0.15, -0.1) is 0 Å². The molecule has 0 bridgehead atoms. The number of anilines is 1. The number of nitrogens with one attached hydrogen (secondary N) is 1. The van der Waals surface area contributed by atoms with Crippen molar-refractivity contribution in [3.05, 3.63) is 34.1 Å². The Morgan fingerprint density at radius 3 is 2.63 bits per heavy atom. The number of halogens is 1. The first-order valence-corrected chi connectivity index (χ1v) is 5.37. The average molecular weight is 268 g/mol. The zero-order chi connectivity index (χ0) is 14.2. The molecule has 2 atom stereocenters. The van der Waals surface area contributed by atoms with Crippen molar-refractivity contribution in [2.45, 2.75) is 6.42 Å². The Bertz CT molecular complexity index is 574. The molecule has 7 nitrogen and oxygen atoms in total. The smallest absolute Gasteiger partial charge is 0.307 e. The number of nitro groups is 1. The minimum Gasteiger partial charge on any atom is -0.481 e. The molecule has 2 rings (SSSR count). The largest absolute Gasteiger partial charge is 0.481 e. The van der Waals surface area contributed by atoms with Gasteiger partial charge in [0.05, 0.1) is 16.8 Å². The summed E-state index contributed by atoms with van der Waals surface area (Å²) in [6.45, 7) is 0. The second-order valence-electron chi connectivity index (χ2n) is 4.20. The van der Waals surface area contributed by atoms with Crippen LogP contribution < -0.4 is 5.32 Å². The third-order valence-electron chi connectivity index (χ3n) is 2.85. The van der Waals surface area contributed by atoms with Crippen LogP contribution in [-0.4, -0.2) is 21.9 Å². The molecule has 1 aliphatic rings. The topological polar surface area (TPSA) is 110 Å². The Hall–Kier alpha value is -2.51. The molecule has 0 radical (unpaired) electrons. The molecule has 1 aliphatic carbocycles. The molecule has 19 heavy (non-hydrogen) atoms. The second-order valence-corrected chi connectivity index (χ2v) is 4.20. The highest BCUT2D eigenvalue weighted by molar-refractivity contribution is 5.98. The average Bonchev–Trinajstić information content (AvgIpc) is 3.11. The first kappa shape index (κ1) is 12.9. The molecule has 0 aromatic heterocycles. The van der Waals surface area contributed by atoms with Crippen LogP contribution in [0.15, 0.2) is 18.2 Å². The van der Waals surface area contributed by atoms with E-state index in [1.54, 1.807) is 0 Å². The van der Waals surface area contributed by atoms with E-state index < -0.39 is 40.1 Å². The van der Waals surface area contributed by atoms with Crippen LogP contribution in [0.2, 0.25) is 0 Å². The van der Waals surface area contributed by atoms with Gasteiger partial charge in [-0.05, 0) is 18.6 Å². The van der Waals surface area contributed by atoms with E-state index in [1.165, 1.54) is 6.07 Å². The van der Waals surface area contributed by atoms with Crippen molar-refractivity contribution in [2.75, 3.05) is 5.32 Å². The molecule has 1 fully saturated rings. The van der Waals surface area contributed by atoms with Crippen LogP contribution in [0.5, 0.6) is 0 Å². The first-order chi connectivity index (χ1) is 8.90. The molecule has 2 N–H and O–H groups in total. The summed E-state index contributed by atoms with van der Waals surface area (Å²) in [4.78, 5) is 31.8. The number of aliphatic carboxylic acids is 1. The maximum atomic E-state index is 13.1. The number of hydrogen-bond acceptors (Lipinski definition) is 4. The van der Waals surface area contributed by atoms with Gasteiger partial charge in [0.15, 0.2) is 0 Å². The molecule has 8 heteroatoms. The zero-order valence-electron chi connectivity index (χ0n) is 9.50. The fraction of sp³-hybridized carbons (Fsp3) is 0.273. The predicted molar refractivity (Wildman–Crippen MR) is 60.9 cm³/mol. The van der Waals surface area contributed by atoms with E-state index >= 15 is 0 Å². The summed E-state index contributed by atoms with van der Waals surface area (Å²) in [5.74, 6) is -3.94. The van der Waals surface area contributed by atoms with Gasteiger partial charge in [-0.1, -0.05) is 0 Å². The summed E-state index contributed by atoms with van der Waals surface area (Å²) in [6, 6.07) is 2.94. The molecule has 1 aromatic rings. The second kappa shape index (κ2) is 4.63. The van der Waals surface area contributed by atoms with Crippen LogP contribution in [0, 0.1) is 27.8 Å². The van der Waals surface area contributed by atoms with Crippen molar-refractivity contribution in [3.63, 3.8) is 0 Å². The van der Waals surface area contributed by atoms with Crippen LogP contribution in [0.4, 0.5) is 15.8 Å². The van der Waals surface area contributed by atoms with E-state index in [0.717, 1.165) is 12.1 Å². The van der Waals surface area contributed by atoms with E-state index in [9.17, 15) is 24.1 Å². The molecule has 1 aromatic carbocycles. The van der Waals surface area contributed by atoms with Crippen molar-refractivity contribution in [2.24, 2.45) is 11.8 Å². The van der Waals surface area contributed by atoms with Gasteiger partial charge in [0, 0.05) is 11.8 Å². The Morgan fingerprint density at radius 2 is 2.11 bits per heavy atom. The highest BCUT2D eigenvalue weighted by atomic mass is 19.1. The Labute approximate surface area is 106 Å². The number of nitro benzene ring substituents is 1. The molecule has 0 saturated heterocycles. The number of carboxylic acid groups (broad SMARTS) is 1. The minimum atomic E-state index is -1.05. The summed E-state index contributed by atoms with van der Waals surface area (Å²) in [6.07, 6.45) is 0.241. The molecule has 1 saturated carbocycles. The third kappa shape index (κ3) is 2.67. The van der Waals surface area contributed by atoms with Gasteiger partial charge in [0.1, 0.15) is 0 Å². The highest BCUT2D eigenvalue weighted by Crippen LogP contribution is 2.39. The Balaban J connectivity index is 2.08. The quantitative estimate of drug-likeness (QED) is 0.633. The monoisotopic (exact) mass is 268 g/mol. The molecular formula is C11H9FN2O5. The molecule has 0 unspecified atom stereocenters. The van der Waals surface area contributed by atoms with Gasteiger partial charge in [0.25, 0.3) is 0 Å². The number of carbonyl (C=O) groups excluding carboxylic acids is 1. The van der Waals surface area contributed by atoms with Crippen LogP contribution in [0.1, 0.15) is 6.42 Å². The molecule has 100 valence electrons. The molecule has 0 spiro atoms. The maximum Gasteiger partial charge on any atom is 0.307 e. The number of rotatable bonds is 4. The molecule has 0 aliphatic heterocycles. The van der Waals surface area contributed by atoms with Crippen molar-refractivity contribution in [1.29, 1.82) is 0 Å². The number of benzene rings is 1. The fourth-order valence-corrected chi connectivity index (χ4v) is 1.72. The van der Waals surface area contributed by atoms with Gasteiger partial charge < -0.3 is 10.4 Å². The maximum absolute atomic E-state index is 13.1. The van der Waals surface area contributed by atoms with E-state index in [4.69, 9.17) is 5.11 Å². The van der Waals surface area contributed by atoms with Gasteiger partial charge in [-0.3, -0.25) is 19.7 Å². The van der Waals surface area contributed by atoms with Crippen LogP contribution in [0.25, 0.3) is 0 Å². The van der Waals surface area contributed by atoms with Crippen molar-refractivity contribution in [1.82, 2.24) is 0 Å². The van der Waals surface area contributed by atoms with E-state index in [0.29, 0.717) is 0 Å². The van der Waals surface area contributed by atoms with Crippen LogP contribution >= 0.6 is 0 Å². The molecular weight excluding hydrogens is 259 g/mol. The third-order valence-corrected chi connectivity index (χ3v) is 2.85. The lowest BCUT2D eigenvalue weighted by Crippen LogP contribution is -2.16. The summed E-state index contributed by atoms with van der Waals surface area (Å²) in [7, 11) is 0. The Kier molecular flexibility index (Phi) is 3.16. The van der Waals surface area contributed by atoms with Gasteiger partial charge >= 0.3 is 11.7 Å². The van der Waals surface area contributed by atoms with Crippen LogP contribution in [-0.2, 0) is 9.59 Å². The van der Waals surface area contributed by atoms with E-state index in [2.05, 4.69) is 5.32 Å². The lowest BCUT2D eigenvalue weighted by atomic mass is 10.2. The number of amides is 1. The summed E-state index contributed by atoms with van der Waals surface area (Å²) < 4.78 is 13.1. The lowest BCUT2D eigenvalue weighted by molar-refractivity contribution is -0.387. The molecule has 0 heterocycles. The number of nitrogens with zero attached hydrogens (tertiary/aromatic N) is 1. The normalized spacial score (nSPS) is 20.7. The first-order valence-electron chi connectivity index (χ1n) is 5.37. The standard InChI is InChI=1S/C11H9FN2O5/c12-8-2-1-5(3-9(8)14(18)19)13-10(15)6-4-7(6)11(16)17/h1-3,6-7H,4H2,(H,13,15)(H,16,17)/t6-,7+/m1/s1. The van der Waals surface area contributed by atoms with Gasteiger partial charge in [-0.25, -0.2) is 0 Å². The van der Waals surface area contributed by atoms with Gasteiger partial charge in [0.2, 0.25) is 11.7 Å². The van der Waals surface area contributed by atoms with Crippen molar-refractivity contribution < 1.29 is 24.0 Å². The Morgan fingerprint density at radius 1 is 1.42 bits per heavy atom. The SMILES string of the molecule is O=C(O)[C@H]1C[C@H]1C(=O)Nc1ccc(F)c([N+](=O)[O-])c1. The fourth-order valence-electron chi connectivity index (χ4n) is 1.72. The van der Waals surface area contributed by atoms with Crippen molar-refractivity contribution in [3.8, 4) is 0 Å². The number of carboxylic acids is 1. The minimum absolute atomic E-state index is 0.0640. The summed E-state index contributed by atoms with van der Waals surface area (Å²) >= 11 is 0. The predicted octanol–water partition coefficient (Wildman–Crippen LogP) is 1.39. The van der Waals surface area contributed by atoms with E-state index in [-0.39, 0.29) is 12.1 Å². The highest BCUT2D eigenvalue weighted by Gasteiger charge is 2.48. The van der Waals surface area contributed by atoms with E-state index in [1.807, 2.05) is 0 Å². The lowest BCUT2D eigenvalue weighted by Gasteiger charge is -2.04. The molecule has 1 amide bonds. The summed E-state index contributed by atoms with van der Waals surface area (Å²) in [5.41, 5.74) is -0.683. The number of carbonyl (C=O) groups is 2. The van der Waals surface area contributed by atoms with Crippen LogP contribution in [0.3, 0.4) is 0 Å². The van der Waals surface area contributed by atoms with Crippen molar-refractivity contribution >= 4 is 23.3 Å². The summed E-state index contributed by atoms with van der Waals surface area (Å²) in [5, 5.41) is 21.5. The number of hydrogen-bond donors (Lipinski definition) is 2. The van der Waals surface area contributed by atoms with Gasteiger partial charge in [-0.2, -0.15) is 4.39 Å². The zero-order valence-corrected chi connectivity index (χ0v) is 9.50.